The van der Waals surface area contributed by atoms with Gasteiger partial charge in [-0.1, -0.05) is 128 Å². The Morgan fingerprint density at radius 1 is 0.434 bits per heavy atom. The molecular weight excluding hydrogens is 639 g/mol. The molecule has 7 aliphatic rings. The van der Waals surface area contributed by atoms with Gasteiger partial charge in [0.05, 0.1) is 5.69 Å². The summed E-state index contributed by atoms with van der Waals surface area (Å²) >= 11 is 0. The second-order valence-electron chi connectivity index (χ2n) is 17.6. The number of anilines is 3. The maximum absolute atomic E-state index is 2.65. The fraction of sp³-hybridized carbons (Fsp3) is 0.308. The highest BCUT2D eigenvalue weighted by Crippen LogP contribution is 2.70. The van der Waals surface area contributed by atoms with Crippen LogP contribution in [0.15, 0.2) is 140 Å². The van der Waals surface area contributed by atoms with Crippen LogP contribution >= 0.6 is 0 Å². The Kier molecular flexibility index (Phi) is 6.53. The molecule has 0 atom stereocenters. The molecule has 0 N–H and O–H groups in total. The molecule has 6 aromatic rings. The van der Waals surface area contributed by atoms with Gasteiger partial charge in [0.2, 0.25) is 0 Å². The van der Waals surface area contributed by atoms with Gasteiger partial charge in [-0.3, -0.25) is 0 Å². The van der Waals surface area contributed by atoms with E-state index in [0.717, 1.165) is 23.7 Å². The van der Waals surface area contributed by atoms with Gasteiger partial charge in [-0.15, -0.1) is 0 Å². The molecule has 0 radical (unpaired) electrons. The van der Waals surface area contributed by atoms with Crippen LogP contribution in [0.5, 0.6) is 0 Å². The minimum Gasteiger partial charge on any atom is -0.310 e. The van der Waals surface area contributed by atoms with Gasteiger partial charge < -0.3 is 4.90 Å². The van der Waals surface area contributed by atoms with Gasteiger partial charge in [-0.05, 0) is 149 Å². The summed E-state index contributed by atoms with van der Waals surface area (Å²) in [5.41, 5.74) is 18.8. The van der Waals surface area contributed by atoms with E-state index < -0.39 is 0 Å². The van der Waals surface area contributed by atoms with Crippen LogP contribution in [0.3, 0.4) is 0 Å². The van der Waals surface area contributed by atoms with Crippen LogP contribution in [0.1, 0.15) is 86.5 Å². The van der Waals surface area contributed by atoms with E-state index in [4.69, 9.17) is 0 Å². The maximum atomic E-state index is 2.65. The average Bonchev–Trinajstić information content (AvgIpc) is 3.65. The van der Waals surface area contributed by atoms with Gasteiger partial charge in [0.15, 0.2) is 0 Å². The number of hydrogen-bond donors (Lipinski definition) is 0. The van der Waals surface area contributed by atoms with Crippen molar-refractivity contribution in [3.05, 3.63) is 162 Å². The predicted octanol–water partition coefficient (Wildman–Crippen LogP) is 13.8. The van der Waals surface area contributed by atoms with Crippen molar-refractivity contribution >= 4 is 17.1 Å². The second kappa shape index (κ2) is 11.3. The number of hydrogen-bond acceptors (Lipinski definition) is 1. The van der Waals surface area contributed by atoms with Crippen molar-refractivity contribution in [3.63, 3.8) is 0 Å². The zero-order valence-electron chi connectivity index (χ0n) is 30.6. The maximum Gasteiger partial charge on any atom is 0.0543 e. The molecule has 0 unspecified atom stereocenters. The summed E-state index contributed by atoms with van der Waals surface area (Å²) < 4.78 is 0. The molecule has 0 heterocycles. The summed E-state index contributed by atoms with van der Waals surface area (Å²) in [6.45, 7) is 0. The molecule has 13 rings (SSSR count). The van der Waals surface area contributed by atoms with Crippen molar-refractivity contribution < 1.29 is 0 Å². The molecule has 260 valence electrons. The largest absolute Gasteiger partial charge is 0.310 e. The van der Waals surface area contributed by atoms with Crippen LogP contribution < -0.4 is 4.90 Å². The summed E-state index contributed by atoms with van der Waals surface area (Å²) in [5, 5.41) is 0. The first-order valence-corrected chi connectivity index (χ1v) is 20.7. The van der Waals surface area contributed by atoms with Crippen molar-refractivity contribution in [2.45, 2.75) is 75.0 Å². The first-order valence-electron chi connectivity index (χ1n) is 20.7. The van der Waals surface area contributed by atoms with Gasteiger partial charge in [-0.25, -0.2) is 0 Å². The van der Waals surface area contributed by atoms with Gasteiger partial charge >= 0.3 is 0 Å². The molecule has 0 aromatic heterocycles. The lowest BCUT2D eigenvalue weighted by Gasteiger charge is -2.61. The highest BCUT2D eigenvalue weighted by molar-refractivity contribution is 5.96. The fourth-order valence-corrected chi connectivity index (χ4v) is 13.5. The highest BCUT2D eigenvalue weighted by atomic mass is 15.1. The lowest BCUT2D eigenvalue weighted by atomic mass is 9.43. The van der Waals surface area contributed by atoms with Crippen molar-refractivity contribution in [1.82, 2.24) is 0 Å². The van der Waals surface area contributed by atoms with Crippen molar-refractivity contribution in [2.24, 2.45) is 23.7 Å². The molecule has 5 saturated carbocycles. The summed E-state index contributed by atoms with van der Waals surface area (Å²) in [4.78, 5) is 2.65. The van der Waals surface area contributed by atoms with E-state index in [1.165, 1.54) is 115 Å². The zero-order chi connectivity index (χ0) is 34.7. The first kappa shape index (κ1) is 30.6. The van der Waals surface area contributed by atoms with E-state index in [1.807, 2.05) is 0 Å². The Morgan fingerprint density at radius 3 is 1.85 bits per heavy atom. The molecule has 0 amide bonds. The van der Waals surface area contributed by atoms with E-state index >= 15 is 0 Å². The predicted molar refractivity (Wildman–Crippen MR) is 219 cm³/mol. The number of fused-ring (bicyclic) bond motifs is 8. The molecule has 2 spiro atoms. The molecule has 7 aliphatic carbocycles. The standard InChI is InChI=1S/C52H47N/c1-3-13-36(14-4-1)37-15-11-16-40(32-37)53(41-23-24-43-42-17-5-7-19-45(42)51(48(43)33-41)25-9-2-10-26-51)49-22-12-21-47-50(49)44-18-6-8-20-46(44)52(47)38-28-34-27-35(30-38)31-39(52)29-34/h1,3-8,11-24,32-35,38-39H,2,9-10,25-31H2. The van der Waals surface area contributed by atoms with Gasteiger partial charge in [0.1, 0.15) is 0 Å². The topological polar surface area (TPSA) is 3.24 Å². The minimum atomic E-state index is 0.105. The Labute approximate surface area is 314 Å². The zero-order valence-corrected chi connectivity index (χ0v) is 30.6. The van der Waals surface area contributed by atoms with Crippen molar-refractivity contribution in [1.29, 1.82) is 0 Å². The number of rotatable bonds is 4. The molecule has 5 fully saturated rings. The van der Waals surface area contributed by atoms with E-state index in [2.05, 4.69) is 144 Å². The molecule has 1 heteroatoms. The highest BCUT2D eigenvalue weighted by Gasteiger charge is 2.62. The van der Waals surface area contributed by atoms with Crippen LogP contribution in [0.25, 0.3) is 33.4 Å². The average molecular weight is 686 g/mol. The van der Waals surface area contributed by atoms with E-state index in [9.17, 15) is 0 Å². The first-order chi connectivity index (χ1) is 26.2. The van der Waals surface area contributed by atoms with E-state index in [1.54, 1.807) is 22.3 Å². The van der Waals surface area contributed by atoms with Crippen LogP contribution in [0, 0.1) is 23.7 Å². The summed E-state index contributed by atoms with van der Waals surface area (Å²) in [7, 11) is 0. The quantitative estimate of drug-likeness (QED) is 0.179. The third-order valence-electron chi connectivity index (χ3n) is 15.2. The van der Waals surface area contributed by atoms with E-state index in [-0.39, 0.29) is 10.8 Å². The molecule has 6 aromatic carbocycles. The SMILES string of the molecule is c1ccc(-c2cccc(N(c3ccc4c(c3)C3(CCCCC3)c3ccccc3-4)c3cccc4c3-c3ccccc3C43C4CC5CC(C4)CC3C5)c2)cc1. The third kappa shape index (κ3) is 4.15. The molecular formula is C52H47N. The van der Waals surface area contributed by atoms with E-state index in [0.29, 0.717) is 0 Å². The Hall–Kier alpha value is -4.88. The van der Waals surface area contributed by atoms with Crippen molar-refractivity contribution in [3.8, 4) is 33.4 Å². The Bertz CT molecular complexity index is 2380. The van der Waals surface area contributed by atoms with Crippen LogP contribution in [-0.2, 0) is 10.8 Å². The van der Waals surface area contributed by atoms with Gasteiger partial charge in [-0.2, -0.15) is 0 Å². The number of nitrogens with zero attached hydrogens (tertiary/aromatic N) is 1. The minimum absolute atomic E-state index is 0.105. The fourth-order valence-electron chi connectivity index (χ4n) is 13.5. The van der Waals surface area contributed by atoms with Crippen LogP contribution in [0.4, 0.5) is 17.1 Å². The van der Waals surface area contributed by atoms with Gasteiger partial charge in [0.25, 0.3) is 0 Å². The lowest BCUT2D eigenvalue weighted by Crippen LogP contribution is -2.55. The molecule has 0 saturated heterocycles. The normalized spacial score (nSPS) is 26.3. The summed E-state index contributed by atoms with van der Waals surface area (Å²) in [6, 6.07) is 54.2. The molecule has 4 bridgehead atoms. The van der Waals surface area contributed by atoms with Crippen molar-refractivity contribution in [2.75, 3.05) is 4.90 Å². The summed E-state index contributed by atoms with van der Waals surface area (Å²) in [5.74, 6) is 3.36. The monoisotopic (exact) mass is 685 g/mol. The molecule has 1 nitrogen and oxygen atoms in total. The van der Waals surface area contributed by atoms with Crippen LogP contribution in [0.2, 0.25) is 0 Å². The van der Waals surface area contributed by atoms with Gasteiger partial charge in [0, 0.05) is 27.8 Å². The molecule has 0 aliphatic heterocycles. The Balaban J connectivity index is 1.11. The smallest absolute Gasteiger partial charge is 0.0543 e. The molecule has 53 heavy (non-hydrogen) atoms. The Morgan fingerprint density at radius 2 is 1.06 bits per heavy atom. The van der Waals surface area contributed by atoms with Crippen LogP contribution in [-0.4, -0.2) is 0 Å². The number of benzene rings is 6. The third-order valence-corrected chi connectivity index (χ3v) is 15.2. The lowest BCUT2D eigenvalue weighted by molar-refractivity contribution is -0.0399. The summed E-state index contributed by atoms with van der Waals surface area (Å²) in [6.07, 6.45) is 13.5. The second-order valence-corrected chi connectivity index (χ2v) is 17.6.